The minimum Gasteiger partial charge on any atom is -0.366 e. The quantitative estimate of drug-likeness (QED) is 0.498. The van der Waals surface area contributed by atoms with Crippen LogP contribution in [0.25, 0.3) is 16.9 Å². The molecule has 0 radical (unpaired) electrons. The second-order valence-corrected chi connectivity index (χ2v) is 5.82. The predicted molar refractivity (Wildman–Crippen MR) is 93.8 cm³/mol. The number of nitrogens with zero attached hydrogens (tertiary/aromatic N) is 4. The smallest absolute Gasteiger partial charge is 0.366 e. The Morgan fingerprint density at radius 3 is 2.61 bits per heavy atom. The van der Waals surface area contributed by atoms with E-state index in [2.05, 4.69) is 25.5 Å². The summed E-state index contributed by atoms with van der Waals surface area (Å²) in [6.45, 7) is 0. The van der Waals surface area contributed by atoms with E-state index < -0.39 is 17.8 Å². The number of fused-ring (bicyclic) bond motifs is 1. The molecule has 142 valence electrons. The molecule has 1 amide bonds. The maximum atomic E-state index is 13.2. The summed E-state index contributed by atoms with van der Waals surface area (Å²) in [6.07, 6.45) is 0.828. The van der Waals surface area contributed by atoms with E-state index >= 15 is 0 Å². The fourth-order valence-corrected chi connectivity index (χ4v) is 2.76. The van der Waals surface area contributed by atoms with Crippen LogP contribution < -0.4 is 11.1 Å². The number of imidazole rings is 1. The monoisotopic (exact) mass is 387 g/mol. The number of hydrogen-bond donors (Lipinski definition) is 3. The topological polar surface area (TPSA) is 114 Å². The second-order valence-electron chi connectivity index (χ2n) is 5.82. The van der Waals surface area contributed by atoms with E-state index in [4.69, 9.17) is 5.73 Å². The molecular weight excluding hydrogens is 375 g/mol. The molecule has 4 rings (SSSR count). The molecule has 11 heteroatoms. The molecule has 0 aliphatic carbocycles. The first-order chi connectivity index (χ1) is 13.3. The van der Waals surface area contributed by atoms with Crippen molar-refractivity contribution in [2.24, 2.45) is 5.73 Å². The van der Waals surface area contributed by atoms with Gasteiger partial charge in [-0.2, -0.15) is 18.3 Å². The van der Waals surface area contributed by atoms with Gasteiger partial charge in [-0.3, -0.25) is 14.3 Å². The van der Waals surface area contributed by atoms with Gasteiger partial charge in [0.15, 0.2) is 17.2 Å². The number of halogens is 3. The Hall–Kier alpha value is -3.89. The number of anilines is 2. The fraction of sp³-hybridized carbons (Fsp3) is 0.0588. The van der Waals surface area contributed by atoms with Crippen molar-refractivity contribution in [2.45, 2.75) is 6.18 Å². The number of H-pyrrole nitrogens is 1. The van der Waals surface area contributed by atoms with Crippen molar-refractivity contribution in [1.29, 1.82) is 0 Å². The Kier molecular flexibility index (Phi) is 3.99. The lowest BCUT2D eigenvalue weighted by Crippen LogP contribution is -2.10. The first-order valence-corrected chi connectivity index (χ1v) is 7.95. The highest BCUT2D eigenvalue weighted by Crippen LogP contribution is 2.36. The summed E-state index contributed by atoms with van der Waals surface area (Å²) < 4.78 is 41.0. The van der Waals surface area contributed by atoms with E-state index in [1.165, 1.54) is 29.2 Å². The van der Waals surface area contributed by atoms with Crippen LogP contribution in [-0.2, 0) is 6.18 Å². The average molecular weight is 387 g/mol. The SMILES string of the molecule is NC(=O)c1ccc(Nc2nccn3c(-c4c[nH]nc4C(F)(F)F)cnc23)cc1. The minimum absolute atomic E-state index is 0.122. The lowest BCUT2D eigenvalue weighted by molar-refractivity contribution is -0.140. The molecule has 3 heterocycles. The van der Waals surface area contributed by atoms with Gasteiger partial charge in [0.05, 0.1) is 17.5 Å². The van der Waals surface area contributed by atoms with Gasteiger partial charge in [0, 0.05) is 29.8 Å². The molecule has 8 nitrogen and oxygen atoms in total. The molecule has 0 atom stereocenters. The highest BCUT2D eigenvalue weighted by molar-refractivity contribution is 5.93. The van der Waals surface area contributed by atoms with Crippen LogP contribution in [0, 0.1) is 0 Å². The first-order valence-electron chi connectivity index (χ1n) is 7.95. The third kappa shape index (κ3) is 3.02. The summed E-state index contributed by atoms with van der Waals surface area (Å²) >= 11 is 0. The number of alkyl halides is 3. The van der Waals surface area contributed by atoms with E-state index in [1.807, 2.05) is 0 Å². The maximum absolute atomic E-state index is 13.2. The summed E-state index contributed by atoms with van der Waals surface area (Å²) in [7, 11) is 0. The summed E-state index contributed by atoms with van der Waals surface area (Å²) in [5.41, 5.74) is 5.55. The highest BCUT2D eigenvalue weighted by Gasteiger charge is 2.37. The van der Waals surface area contributed by atoms with E-state index in [0.29, 0.717) is 22.7 Å². The molecule has 0 saturated carbocycles. The third-order valence-corrected chi connectivity index (χ3v) is 4.04. The van der Waals surface area contributed by atoms with Crippen LogP contribution in [0.3, 0.4) is 0 Å². The fourth-order valence-electron chi connectivity index (χ4n) is 2.76. The van der Waals surface area contributed by atoms with Gasteiger partial charge in [0.2, 0.25) is 5.91 Å². The Labute approximate surface area is 155 Å². The Balaban J connectivity index is 1.73. The zero-order chi connectivity index (χ0) is 19.9. The Morgan fingerprint density at radius 2 is 1.93 bits per heavy atom. The van der Waals surface area contributed by atoms with Crippen LogP contribution in [-0.4, -0.2) is 30.5 Å². The standard InChI is InChI=1S/C17H12F3N7O/c18-17(19,20)13-11(7-24-26-13)12-8-23-16-15(22-5-6-27(12)16)25-10-3-1-9(2-4-10)14(21)28/h1-8H,(H2,21,28)(H,22,25)(H,24,26). The molecule has 3 aromatic heterocycles. The summed E-state index contributed by atoms with van der Waals surface area (Å²) in [4.78, 5) is 19.5. The molecule has 0 saturated heterocycles. The van der Waals surface area contributed by atoms with Gasteiger partial charge in [0.1, 0.15) is 0 Å². The molecule has 0 aliphatic rings. The first kappa shape index (κ1) is 17.5. The number of nitrogens with one attached hydrogen (secondary N) is 2. The zero-order valence-corrected chi connectivity index (χ0v) is 14.0. The highest BCUT2D eigenvalue weighted by atomic mass is 19.4. The van der Waals surface area contributed by atoms with Gasteiger partial charge < -0.3 is 11.1 Å². The van der Waals surface area contributed by atoms with Crippen molar-refractivity contribution < 1.29 is 18.0 Å². The lowest BCUT2D eigenvalue weighted by atomic mass is 10.2. The predicted octanol–water partition coefficient (Wildman–Crippen LogP) is 2.98. The van der Waals surface area contributed by atoms with Gasteiger partial charge in [-0.25, -0.2) is 9.97 Å². The van der Waals surface area contributed by atoms with Crippen molar-refractivity contribution in [3.63, 3.8) is 0 Å². The Morgan fingerprint density at radius 1 is 1.18 bits per heavy atom. The van der Waals surface area contributed by atoms with Crippen LogP contribution >= 0.6 is 0 Å². The number of aromatic nitrogens is 5. The molecule has 1 aromatic carbocycles. The van der Waals surface area contributed by atoms with Gasteiger partial charge in [-0.05, 0) is 24.3 Å². The molecule has 0 aliphatic heterocycles. The van der Waals surface area contributed by atoms with Crippen molar-refractivity contribution in [2.75, 3.05) is 5.32 Å². The Bertz CT molecular complexity index is 1160. The van der Waals surface area contributed by atoms with Gasteiger partial charge in [-0.15, -0.1) is 0 Å². The molecule has 0 fully saturated rings. The van der Waals surface area contributed by atoms with Gasteiger partial charge in [0.25, 0.3) is 0 Å². The minimum atomic E-state index is -4.60. The van der Waals surface area contributed by atoms with Crippen molar-refractivity contribution in [1.82, 2.24) is 24.6 Å². The third-order valence-electron chi connectivity index (χ3n) is 4.04. The molecule has 0 bridgehead atoms. The van der Waals surface area contributed by atoms with Crippen LogP contribution in [0.5, 0.6) is 0 Å². The number of aromatic amines is 1. The number of amides is 1. The van der Waals surface area contributed by atoms with Crippen molar-refractivity contribution in [3.05, 3.63) is 60.3 Å². The van der Waals surface area contributed by atoms with Crippen LogP contribution in [0.2, 0.25) is 0 Å². The molecule has 28 heavy (non-hydrogen) atoms. The normalized spacial score (nSPS) is 11.7. The number of benzene rings is 1. The zero-order valence-electron chi connectivity index (χ0n) is 14.0. The second kappa shape index (κ2) is 6.37. The van der Waals surface area contributed by atoms with Crippen LogP contribution in [0.1, 0.15) is 16.1 Å². The van der Waals surface area contributed by atoms with Gasteiger partial charge >= 0.3 is 6.18 Å². The molecule has 0 spiro atoms. The van der Waals surface area contributed by atoms with Crippen LogP contribution in [0.15, 0.2) is 49.1 Å². The van der Waals surface area contributed by atoms with E-state index in [1.54, 1.807) is 24.3 Å². The summed E-state index contributed by atoms with van der Waals surface area (Å²) in [5, 5.41) is 8.57. The number of nitrogens with two attached hydrogens (primary N) is 1. The van der Waals surface area contributed by atoms with Crippen molar-refractivity contribution >= 4 is 23.1 Å². The number of hydrogen-bond acceptors (Lipinski definition) is 5. The molecular formula is C17H12F3N7O. The molecule has 4 aromatic rings. The number of primary amides is 1. The number of carbonyl (C=O) groups excluding carboxylic acids is 1. The van der Waals surface area contributed by atoms with E-state index in [-0.39, 0.29) is 11.3 Å². The van der Waals surface area contributed by atoms with Gasteiger partial charge in [-0.1, -0.05) is 0 Å². The largest absolute Gasteiger partial charge is 0.435 e. The van der Waals surface area contributed by atoms with Crippen LogP contribution in [0.4, 0.5) is 24.7 Å². The summed E-state index contributed by atoms with van der Waals surface area (Å²) in [6, 6.07) is 6.35. The molecule has 0 unspecified atom stereocenters. The summed E-state index contributed by atoms with van der Waals surface area (Å²) in [5.74, 6) is -0.220. The average Bonchev–Trinajstić information content (AvgIpc) is 3.29. The van der Waals surface area contributed by atoms with Crippen molar-refractivity contribution in [3.8, 4) is 11.3 Å². The lowest BCUT2D eigenvalue weighted by Gasteiger charge is -2.09. The number of rotatable bonds is 4. The van der Waals surface area contributed by atoms with E-state index in [9.17, 15) is 18.0 Å². The number of carbonyl (C=O) groups is 1. The maximum Gasteiger partial charge on any atom is 0.435 e. The molecule has 4 N–H and O–H groups in total. The van der Waals surface area contributed by atoms with E-state index in [0.717, 1.165) is 0 Å².